The van der Waals surface area contributed by atoms with Gasteiger partial charge in [-0.05, 0) is 28.7 Å². The first-order valence-electron chi connectivity index (χ1n) is 7.35. The van der Waals surface area contributed by atoms with Crippen molar-refractivity contribution < 1.29 is 14.2 Å². The maximum absolute atomic E-state index is 12.5. The molecule has 0 aliphatic heterocycles. The minimum Gasteiger partial charge on any atom is -0.378 e. The summed E-state index contributed by atoms with van der Waals surface area (Å²) in [6.45, 7) is 10.2. The fourth-order valence-corrected chi connectivity index (χ4v) is 2.80. The lowest BCUT2D eigenvalue weighted by Gasteiger charge is -2.29. The standard InChI is InChI=1S/C16H25ClFNO2/c1-6-10(2)11(3)7-14(19-4)12-8-15(20-5)16(21-18)9-13(12)17/h7,10-11,15-16H,4,6,8-9H2,1-3,5H3. The van der Waals surface area contributed by atoms with E-state index < -0.39 is 6.10 Å². The molecule has 1 aliphatic rings. The number of hydrogen-bond donors (Lipinski definition) is 0. The third kappa shape index (κ3) is 4.63. The molecule has 0 saturated carbocycles. The third-order valence-corrected chi connectivity index (χ3v) is 4.77. The molecule has 0 aromatic rings. The van der Waals surface area contributed by atoms with Crippen molar-refractivity contribution in [1.29, 1.82) is 0 Å². The van der Waals surface area contributed by atoms with E-state index in [0.717, 1.165) is 17.7 Å². The van der Waals surface area contributed by atoms with Gasteiger partial charge in [-0.15, -0.1) is 0 Å². The monoisotopic (exact) mass is 317 g/mol. The van der Waals surface area contributed by atoms with E-state index in [1.165, 1.54) is 0 Å². The van der Waals surface area contributed by atoms with Gasteiger partial charge in [0.25, 0.3) is 0 Å². The summed E-state index contributed by atoms with van der Waals surface area (Å²) in [5.41, 5.74) is 1.65. The van der Waals surface area contributed by atoms with Crippen molar-refractivity contribution in [2.45, 2.75) is 52.2 Å². The predicted molar refractivity (Wildman–Crippen MR) is 85.1 cm³/mol. The molecular formula is C16H25ClFNO2. The molecule has 1 aliphatic carbocycles. The van der Waals surface area contributed by atoms with Crippen LogP contribution in [0, 0.1) is 11.8 Å². The van der Waals surface area contributed by atoms with E-state index in [2.05, 4.69) is 43.5 Å². The second-order valence-electron chi connectivity index (χ2n) is 5.65. The Morgan fingerprint density at radius 1 is 1.48 bits per heavy atom. The van der Waals surface area contributed by atoms with Crippen molar-refractivity contribution in [3.8, 4) is 0 Å². The van der Waals surface area contributed by atoms with Crippen LogP contribution in [0.2, 0.25) is 0 Å². The van der Waals surface area contributed by atoms with Crippen molar-refractivity contribution in [3.05, 3.63) is 22.4 Å². The molecule has 5 heteroatoms. The van der Waals surface area contributed by atoms with Crippen LogP contribution in [0.25, 0.3) is 0 Å². The molecule has 0 amide bonds. The van der Waals surface area contributed by atoms with E-state index >= 15 is 0 Å². The van der Waals surface area contributed by atoms with Gasteiger partial charge >= 0.3 is 0 Å². The van der Waals surface area contributed by atoms with Gasteiger partial charge in [-0.1, -0.05) is 44.9 Å². The summed E-state index contributed by atoms with van der Waals surface area (Å²) in [6.07, 6.45) is 2.91. The molecule has 0 fully saturated rings. The Bertz CT molecular complexity index is 423. The first-order chi connectivity index (χ1) is 9.98. The van der Waals surface area contributed by atoms with Crippen LogP contribution in [0.15, 0.2) is 27.4 Å². The average Bonchev–Trinajstić information content (AvgIpc) is 2.51. The van der Waals surface area contributed by atoms with Crippen LogP contribution in [0.1, 0.15) is 40.0 Å². The van der Waals surface area contributed by atoms with Gasteiger partial charge in [0.1, 0.15) is 6.10 Å². The van der Waals surface area contributed by atoms with Crippen LogP contribution in [-0.4, -0.2) is 26.0 Å². The lowest BCUT2D eigenvalue weighted by atomic mass is 9.88. The average molecular weight is 318 g/mol. The zero-order valence-corrected chi connectivity index (χ0v) is 14.0. The molecule has 1 rings (SSSR count). The molecule has 0 saturated heterocycles. The first-order valence-corrected chi connectivity index (χ1v) is 7.72. The highest BCUT2D eigenvalue weighted by Crippen LogP contribution is 2.36. The summed E-state index contributed by atoms with van der Waals surface area (Å²) < 4.78 is 17.8. The van der Waals surface area contributed by atoms with Gasteiger partial charge < -0.3 is 4.74 Å². The summed E-state index contributed by atoms with van der Waals surface area (Å²) in [5, 5.41) is 0.570. The van der Waals surface area contributed by atoms with Crippen molar-refractivity contribution >= 4 is 18.3 Å². The SMILES string of the molecule is C=NC(=CC(C)C(C)CC)C1=C(Cl)CC(OF)C(OC)C1. The van der Waals surface area contributed by atoms with Gasteiger partial charge in [-0.25, -0.2) is 0 Å². The quantitative estimate of drug-likeness (QED) is 0.630. The lowest BCUT2D eigenvalue weighted by molar-refractivity contribution is -0.213. The number of ether oxygens (including phenoxy) is 1. The van der Waals surface area contributed by atoms with Crippen LogP contribution in [0.5, 0.6) is 0 Å². The summed E-state index contributed by atoms with van der Waals surface area (Å²) in [6, 6.07) is 0. The smallest absolute Gasteiger partial charge is 0.130 e. The van der Waals surface area contributed by atoms with Crippen LogP contribution >= 0.6 is 11.6 Å². The van der Waals surface area contributed by atoms with E-state index in [1.807, 2.05) is 0 Å². The molecule has 120 valence electrons. The Hall–Kier alpha value is -0.710. The minimum absolute atomic E-state index is 0.288. The van der Waals surface area contributed by atoms with E-state index in [1.54, 1.807) is 7.11 Å². The molecular weight excluding hydrogens is 293 g/mol. The molecule has 4 atom stereocenters. The highest BCUT2D eigenvalue weighted by Gasteiger charge is 2.32. The minimum atomic E-state index is -0.663. The van der Waals surface area contributed by atoms with Crippen molar-refractivity contribution in [2.75, 3.05) is 7.11 Å². The number of aliphatic imine (C=N–C) groups is 1. The molecule has 0 N–H and O–H groups in total. The maximum atomic E-state index is 12.5. The molecule has 0 radical (unpaired) electrons. The molecule has 4 unspecified atom stereocenters. The Kier molecular flexibility index (Phi) is 7.57. The normalized spacial score (nSPS) is 26.7. The highest BCUT2D eigenvalue weighted by molar-refractivity contribution is 6.30. The summed E-state index contributed by atoms with van der Waals surface area (Å²) >= 11 is 6.30. The van der Waals surface area contributed by atoms with Gasteiger partial charge in [0.15, 0.2) is 0 Å². The van der Waals surface area contributed by atoms with Gasteiger partial charge in [0.2, 0.25) is 0 Å². The first kappa shape index (κ1) is 18.3. The van der Waals surface area contributed by atoms with E-state index in [-0.39, 0.29) is 12.5 Å². The van der Waals surface area contributed by atoms with Crippen molar-refractivity contribution in [1.82, 2.24) is 0 Å². The molecule has 3 nitrogen and oxygen atoms in total. The Morgan fingerprint density at radius 2 is 2.14 bits per heavy atom. The number of nitrogens with zero attached hydrogens (tertiary/aromatic N) is 1. The number of allylic oxidation sites excluding steroid dienone is 2. The fraction of sp³-hybridized carbons (Fsp3) is 0.688. The number of rotatable bonds is 7. The van der Waals surface area contributed by atoms with Crippen LogP contribution < -0.4 is 0 Å². The van der Waals surface area contributed by atoms with Gasteiger partial charge in [0, 0.05) is 25.0 Å². The molecule has 0 aromatic heterocycles. The fourth-order valence-electron chi connectivity index (χ4n) is 2.48. The summed E-state index contributed by atoms with van der Waals surface area (Å²) in [5.74, 6) is 0.911. The third-order valence-electron chi connectivity index (χ3n) is 4.39. The molecule has 0 aromatic carbocycles. The molecule has 0 spiro atoms. The number of hydrogen-bond acceptors (Lipinski definition) is 3. The Morgan fingerprint density at radius 3 is 2.62 bits per heavy atom. The van der Waals surface area contributed by atoms with Crippen LogP contribution in [-0.2, 0) is 9.68 Å². The van der Waals surface area contributed by atoms with Crippen molar-refractivity contribution in [2.24, 2.45) is 16.8 Å². The van der Waals surface area contributed by atoms with Crippen LogP contribution in [0.3, 0.4) is 0 Å². The second-order valence-corrected chi connectivity index (χ2v) is 6.10. The highest BCUT2D eigenvalue weighted by atomic mass is 35.5. The van der Waals surface area contributed by atoms with Crippen LogP contribution in [0.4, 0.5) is 4.53 Å². The number of methoxy groups -OCH3 is 1. The van der Waals surface area contributed by atoms with E-state index in [4.69, 9.17) is 16.3 Å². The molecule has 0 heterocycles. The zero-order valence-electron chi connectivity index (χ0n) is 13.2. The van der Waals surface area contributed by atoms with Gasteiger partial charge in [-0.3, -0.25) is 4.99 Å². The Balaban J connectivity index is 3.04. The number of halogens is 2. The van der Waals surface area contributed by atoms with Gasteiger partial charge in [-0.2, -0.15) is 4.94 Å². The van der Waals surface area contributed by atoms with Crippen molar-refractivity contribution in [3.63, 3.8) is 0 Å². The van der Waals surface area contributed by atoms with E-state index in [9.17, 15) is 4.53 Å². The zero-order chi connectivity index (χ0) is 16.0. The summed E-state index contributed by atoms with van der Waals surface area (Å²) in [7, 11) is 1.54. The Labute approximate surface area is 131 Å². The lowest BCUT2D eigenvalue weighted by Crippen LogP contribution is -2.33. The molecule has 0 bridgehead atoms. The second kappa shape index (κ2) is 8.66. The largest absolute Gasteiger partial charge is 0.378 e. The van der Waals surface area contributed by atoms with E-state index in [0.29, 0.717) is 23.3 Å². The topological polar surface area (TPSA) is 30.8 Å². The predicted octanol–water partition coefficient (Wildman–Crippen LogP) is 4.82. The maximum Gasteiger partial charge on any atom is 0.130 e. The summed E-state index contributed by atoms with van der Waals surface area (Å²) in [4.78, 5) is 8.07. The van der Waals surface area contributed by atoms with Gasteiger partial charge in [0.05, 0.1) is 11.8 Å². The molecule has 21 heavy (non-hydrogen) atoms.